The Labute approximate surface area is 85.9 Å². The maximum absolute atomic E-state index is 10.3. The number of rotatable bonds is 4. The number of benzene rings is 1. The first-order chi connectivity index (χ1) is 6.58. The van der Waals surface area contributed by atoms with Crippen molar-refractivity contribution >= 4 is 11.0 Å². The molecule has 14 heavy (non-hydrogen) atoms. The lowest BCUT2D eigenvalue weighted by Gasteiger charge is -2.05. The van der Waals surface area contributed by atoms with E-state index in [1.807, 2.05) is 6.07 Å². The van der Waals surface area contributed by atoms with Crippen molar-refractivity contribution in [2.45, 2.75) is 20.3 Å². The van der Waals surface area contributed by atoms with Gasteiger partial charge in [0.05, 0.1) is 0 Å². The predicted molar refractivity (Wildman–Crippen MR) is 55.9 cm³/mol. The third-order valence-corrected chi connectivity index (χ3v) is 2.08. The van der Waals surface area contributed by atoms with Crippen molar-refractivity contribution < 1.29 is 12.6 Å². The van der Waals surface area contributed by atoms with E-state index >= 15 is 0 Å². The molecule has 78 valence electrons. The van der Waals surface area contributed by atoms with Gasteiger partial charge in [-0.15, -0.1) is 0 Å². The third kappa shape index (κ3) is 3.79. The van der Waals surface area contributed by atoms with Crippen LogP contribution in [0, 0.1) is 5.92 Å². The maximum Gasteiger partial charge on any atom is 0.299 e. The van der Waals surface area contributed by atoms with E-state index in [4.69, 9.17) is 0 Å². The highest BCUT2D eigenvalue weighted by atomic mass is 32.2. The molecule has 4 heteroatoms. The minimum absolute atomic E-state index is 0.388. The molecule has 0 radical (unpaired) electrons. The van der Waals surface area contributed by atoms with Gasteiger partial charge in [-0.25, -0.2) is 0 Å². The van der Waals surface area contributed by atoms with Crippen molar-refractivity contribution in [1.29, 1.82) is 0 Å². The third-order valence-electron chi connectivity index (χ3n) is 1.72. The summed E-state index contributed by atoms with van der Waals surface area (Å²) in [7, 11) is -2.81. The van der Waals surface area contributed by atoms with Crippen molar-refractivity contribution in [1.82, 2.24) is 0 Å². The molecule has 0 amide bonds. The van der Waals surface area contributed by atoms with Crippen molar-refractivity contribution in [2.24, 2.45) is 5.92 Å². The summed E-state index contributed by atoms with van der Waals surface area (Å²) in [6.45, 7) is 4.23. The van der Waals surface area contributed by atoms with Crippen molar-refractivity contribution in [3.63, 3.8) is 0 Å². The van der Waals surface area contributed by atoms with Crippen LogP contribution >= 0.6 is 0 Å². The quantitative estimate of drug-likeness (QED) is 0.777. The molecule has 0 aromatic heterocycles. The standard InChI is InChI=1S/C10H14O3S/c1-8(2)6-9-4-3-5-10(7-9)13-14(11)12/h3-5,7-8,14H,6H2,1-2H3. The molecule has 0 heterocycles. The van der Waals surface area contributed by atoms with Crippen LogP contribution in [0.3, 0.4) is 0 Å². The maximum atomic E-state index is 10.3. The molecule has 0 aliphatic heterocycles. The molecule has 1 rings (SSSR count). The summed E-state index contributed by atoms with van der Waals surface area (Å²) < 4.78 is 25.2. The Hall–Kier alpha value is -1.03. The Morgan fingerprint density at radius 1 is 1.36 bits per heavy atom. The topological polar surface area (TPSA) is 43.4 Å². The molecular weight excluding hydrogens is 200 g/mol. The molecular formula is C10H14O3S. The smallest absolute Gasteiger partial charge is 0.299 e. The van der Waals surface area contributed by atoms with Crippen LogP contribution in [0.2, 0.25) is 0 Å². The van der Waals surface area contributed by atoms with E-state index in [1.165, 1.54) is 0 Å². The molecule has 0 unspecified atom stereocenters. The van der Waals surface area contributed by atoms with Crippen LogP contribution in [-0.4, -0.2) is 8.42 Å². The van der Waals surface area contributed by atoms with Crippen molar-refractivity contribution in [3.8, 4) is 5.75 Å². The molecule has 1 aromatic rings. The fraction of sp³-hybridized carbons (Fsp3) is 0.400. The lowest BCUT2D eigenvalue weighted by molar-refractivity contribution is 0.510. The van der Waals surface area contributed by atoms with Crippen LogP contribution in [0.5, 0.6) is 5.75 Å². The summed E-state index contributed by atoms with van der Waals surface area (Å²) >= 11 is 0. The number of thiol groups is 1. The lowest BCUT2D eigenvalue weighted by atomic mass is 10.0. The van der Waals surface area contributed by atoms with Gasteiger partial charge in [0, 0.05) is 0 Å². The van der Waals surface area contributed by atoms with Gasteiger partial charge in [-0.05, 0) is 30.0 Å². The Balaban J connectivity index is 2.78. The summed E-state index contributed by atoms with van der Waals surface area (Å²) in [5.74, 6) is 0.936. The first kappa shape index (κ1) is 11.0. The first-order valence-electron chi connectivity index (χ1n) is 4.49. The molecule has 0 N–H and O–H groups in total. The second-order valence-corrected chi connectivity index (χ2v) is 4.19. The minimum Gasteiger partial charge on any atom is -0.384 e. The van der Waals surface area contributed by atoms with Crippen molar-refractivity contribution in [3.05, 3.63) is 29.8 Å². The van der Waals surface area contributed by atoms with E-state index in [0.717, 1.165) is 12.0 Å². The van der Waals surface area contributed by atoms with Crippen LogP contribution in [0.1, 0.15) is 19.4 Å². The fourth-order valence-corrected chi connectivity index (χ4v) is 1.57. The lowest BCUT2D eigenvalue weighted by Crippen LogP contribution is -1.95. The Bertz CT molecular complexity index is 361. The summed E-state index contributed by atoms with van der Waals surface area (Å²) in [5.41, 5.74) is 1.09. The molecule has 0 saturated carbocycles. The Morgan fingerprint density at radius 3 is 2.64 bits per heavy atom. The van der Waals surface area contributed by atoms with Gasteiger partial charge < -0.3 is 4.18 Å². The fourth-order valence-electron chi connectivity index (χ4n) is 1.29. The van der Waals surface area contributed by atoms with Gasteiger partial charge in [-0.2, -0.15) is 8.42 Å². The van der Waals surface area contributed by atoms with E-state index in [9.17, 15) is 8.42 Å². The zero-order chi connectivity index (χ0) is 10.6. The van der Waals surface area contributed by atoms with Gasteiger partial charge in [0.15, 0.2) is 0 Å². The zero-order valence-electron chi connectivity index (χ0n) is 8.27. The van der Waals surface area contributed by atoms with E-state index in [1.54, 1.807) is 18.2 Å². The molecule has 3 nitrogen and oxygen atoms in total. The van der Waals surface area contributed by atoms with Gasteiger partial charge >= 0.3 is 0 Å². The Morgan fingerprint density at radius 2 is 2.07 bits per heavy atom. The summed E-state index contributed by atoms with van der Waals surface area (Å²) in [6.07, 6.45) is 0.923. The zero-order valence-corrected chi connectivity index (χ0v) is 9.16. The van der Waals surface area contributed by atoms with Crippen molar-refractivity contribution in [2.75, 3.05) is 0 Å². The normalized spacial score (nSPS) is 10.9. The molecule has 1 aromatic carbocycles. The van der Waals surface area contributed by atoms with Gasteiger partial charge in [0.25, 0.3) is 11.0 Å². The minimum atomic E-state index is -2.81. The summed E-state index contributed by atoms with van der Waals surface area (Å²) in [4.78, 5) is 0. The van der Waals surface area contributed by atoms with E-state index in [0.29, 0.717) is 11.7 Å². The van der Waals surface area contributed by atoms with Crippen LogP contribution in [-0.2, 0) is 17.4 Å². The molecule has 0 aliphatic rings. The highest BCUT2D eigenvalue weighted by molar-refractivity contribution is 7.67. The molecule has 0 fully saturated rings. The number of hydrogen-bond acceptors (Lipinski definition) is 3. The highest BCUT2D eigenvalue weighted by Gasteiger charge is 2.00. The van der Waals surface area contributed by atoms with Gasteiger partial charge in [0.2, 0.25) is 0 Å². The highest BCUT2D eigenvalue weighted by Crippen LogP contribution is 2.16. The summed E-state index contributed by atoms with van der Waals surface area (Å²) in [6, 6.07) is 7.15. The van der Waals surface area contributed by atoms with Crippen LogP contribution in [0.15, 0.2) is 24.3 Å². The van der Waals surface area contributed by atoms with Crippen LogP contribution in [0.25, 0.3) is 0 Å². The molecule has 0 aliphatic carbocycles. The summed E-state index contributed by atoms with van der Waals surface area (Å²) in [5, 5.41) is 0. The predicted octanol–water partition coefficient (Wildman–Crippen LogP) is 1.79. The van der Waals surface area contributed by atoms with E-state index < -0.39 is 11.0 Å². The molecule has 0 saturated heterocycles. The monoisotopic (exact) mass is 214 g/mol. The second kappa shape index (κ2) is 5.00. The average molecular weight is 214 g/mol. The average Bonchev–Trinajstić information content (AvgIpc) is 2.01. The van der Waals surface area contributed by atoms with Crippen LogP contribution in [0.4, 0.5) is 0 Å². The Kier molecular flexibility index (Phi) is 3.95. The number of hydrogen-bond donors (Lipinski definition) is 1. The first-order valence-corrected chi connectivity index (χ1v) is 5.59. The van der Waals surface area contributed by atoms with Gasteiger partial charge in [-0.1, -0.05) is 26.0 Å². The second-order valence-electron chi connectivity index (χ2n) is 3.56. The molecule has 0 atom stereocenters. The SMILES string of the molecule is CC(C)Cc1cccc(O[SH](=O)=O)c1. The largest absolute Gasteiger partial charge is 0.384 e. The van der Waals surface area contributed by atoms with Gasteiger partial charge in [0.1, 0.15) is 5.75 Å². The molecule has 0 bridgehead atoms. The van der Waals surface area contributed by atoms with E-state index in [2.05, 4.69) is 18.0 Å². The van der Waals surface area contributed by atoms with Crippen LogP contribution < -0.4 is 4.18 Å². The molecule has 0 spiro atoms. The van der Waals surface area contributed by atoms with E-state index in [-0.39, 0.29) is 0 Å². The van der Waals surface area contributed by atoms with Gasteiger partial charge in [-0.3, -0.25) is 0 Å².